The molecule has 11 heavy (non-hydrogen) atoms. The highest BCUT2D eigenvalue weighted by molar-refractivity contribution is 5.80. The van der Waals surface area contributed by atoms with E-state index >= 15 is 0 Å². The van der Waals surface area contributed by atoms with Crippen molar-refractivity contribution < 1.29 is 9.59 Å². The van der Waals surface area contributed by atoms with Gasteiger partial charge in [-0.25, -0.2) is 0 Å². The Kier molecular flexibility index (Phi) is 3.79. The first kappa shape index (κ1) is 10.1. The first-order chi connectivity index (χ1) is 5.00. The van der Waals surface area contributed by atoms with E-state index in [2.05, 4.69) is 0 Å². The number of rotatable bonds is 3. The highest BCUT2D eigenvalue weighted by Gasteiger charge is 2.17. The SMILES string of the molecule is CC(C)C(=O)N(C)[C@@H](C)[C]=O. The lowest BCUT2D eigenvalue weighted by Gasteiger charge is -2.21. The molecule has 0 spiro atoms. The zero-order chi connectivity index (χ0) is 9.02. The molecule has 0 aromatic carbocycles. The number of hydrogen-bond acceptors (Lipinski definition) is 2. The molecule has 0 aliphatic rings. The van der Waals surface area contributed by atoms with Gasteiger partial charge in [0, 0.05) is 13.0 Å². The molecule has 3 heteroatoms. The molecule has 0 unspecified atom stereocenters. The van der Waals surface area contributed by atoms with Crippen LogP contribution in [0.1, 0.15) is 20.8 Å². The van der Waals surface area contributed by atoms with Crippen LogP contribution in [-0.2, 0) is 9.59 Å². The fraction of sp³-hybridized carbons (Fsp3) is 0.750. The summed E-state index contributed by atoms with van der Waals surface area (Å²) in [6, 6.07) is -0.440. The minimum atomic E-state index is -0.440. The maximum Gasteiger partial charge on any atom is 0.225 e. The lowest BCUT2D eigenvalue weighted by atomic mass is 10.2. The van der Waals surface area contributed by atoms with Crippen LogP contribution in [0.25, 0.3) is 0 Å². The Morgan fingerprint density at radius 2 is 1.82 bits per heavy atom. The molecule has 0 saturated carbocycles. The topological polar surface area (TPSA) is 37.4 Å². The molecule has 0 fully saturated rings. The summed E-state index contributed by atoms with van der Waals surface area (Å²) in [5, 5.41) is 0. The first-order valence-electron chi connectivity index (χ1n) is 3.65. The minimum absolute atomic E-state index is 0.0270. The molecular weight excluding hydrogens is 142 g/mol. The van der Waals surface area contributed by atoms with E-state index in [0.29, 0.717) is 0 Å². The minimum Gasteiger partial charge on any atom is -0.335 e. The third-order valence-corrected chi connectivity index (χ3v) is 1.59. The number of hydrogen-bond donors (Lipinski definition) is 0. The second kappa shape index (κ2) is 4.11. The number of amides is 1. The predicted octanol–water partition coefficient (Wildman–Crippen LogP) is 0.599. The van der Waals surface area contributed by atoms with Crippen molar-refractivity contribution in [1.82, 2.24) is 4.90 Å². The van der Waals surface area contributed by atoms with Crippen LogP contribution in [0.3, 0.4) is 0 Å². The normalized spacial score (nSPS) is 12.8. The Bertz CT molecular complexity index is 154. The molecule has 0 N–H and O–H groups in total. The number of nitrogens with zero attached hydrogens (tertiary/aromatic N) is 1. The van der Waals surface area contributed by atoms with Gasteiger partial charge in [-0.05, 0) is 6.92 Å². The molecule has 0 aliphatic carbocycles. The van der Waals surface area contributed by atoms with Gasteiger partial charge in [0.05, 0.1) is 6.04 Å². The fourth-order valence-corrected chi connectivity index (χ4v) is 0.677. The Hall–Kier alpha value is -0.860. The van der Waals surface area contributed by atoms with Gasteiger partial charge in [0.2, 0.25) is 12.2 Å². The van der Waals surface area contributed by atoms with Crippen LogP contribution in [0, 0.1) is 5.92 Å². The zero-order valence-corrected chi connectivity index (χ0v) is 7.42. The van der Waals surface area contributed by atoms with E-state index in [0.717, 1.165) is 0 Å². The number of carbonyl (C=O) groups excluding carboxylic acids is 2. The Balaban J connectivity index is 4.12. The van der Waals surface area contributed by atoms with Gasteiger partial charge < -0.3 is 4.90 Å². The molecule has 1 radical (unpaired) electrons. The van der Waals surface area contributed by atoms with E-state index in [1.165, 1.54) is 4.90 Å². The van der Waals surface area contributed by atoms with Crippen LogP contribution in [0.2, 0.25) is 0 Å². The molecule has 0 heterocycles. The molecule has 63 valence electrons. The summed E-state index contributed by atoms with van der Waals surface area (Å²) in [5.74, 6) is -0.0864. The molecule has 3 nitrogen and oxygen atoms in total. The molecule has 1 atom stereocenters. The molecular formula is C8H14NO2. The van der Waals surface area contributed by atoms with Crippen molar-refractivity contribution >= 4 is 12.2 Å². The van der Waals surface area contributed by atoms with Gasteiger partial charge >= 0.3 is 0 Å². The summed E-state index contributed by atoms with van der Waals surface area (Å²) < 4.78 is 0. The lowest BCUT2D eigenvalue weighted by molar-refractivity contribution is -0.133. The Labute approximate surface area is 67.4 Å². The summed E-state index contributed by atoms with van der Waals surface area (Å²) in [4.78, 5) is 22.7. The quantitative estimate of drug-likeness (QED) is 0.600. The molecule has 0 saturated heterocycles. The van der Waals surface area contributed by atoms with Crippen LogP contribution < -0.4 is 0 Å². The molecule has 0 aromatic heterocycles. The van der Waals surface area contributed by atoms with E-state index in [1.54, 1.807) is 34.1 Å². The zero-order valence-electron chi connectivity index (χ0n) is 7.42. The second-order valence-electron chi connectivity index (χ2n) is 2.90. The monoisotopic (exact) mass is 156 g/mol. The molecule has 0 rings (SSSR count). The van der Waals surface area contributed by atoms with Crippen molar-refractivity contribution in [3.8, 4) is 0 Å². The first-order valence-corrected chi connectivity index (χ1v) is 3.65. The maximum atomic E-state index is 11.2. The van der Waals surface area contributed by atoms with Crippen molar-refractivity contribution in [3.05, 3.63) is 0 Å². The third-order valence-electron chi connectivity index (χ3n) is 1.59. The highest BCUT2D eigenvalue weighted by Crippen LogP contribution is 2.01. The summed E-state index contributed by atoms with van der Waals surface area (Å²) >= 11 is 0. The van der Waals surface area contributed by atoms with Gasteiger partial charge in [0.25, 0.3) is 0 Å². The summed E-state index contributed by atoms with van der Waals surface area (Å²) in [6.45, 7) is 5.25. The summed E-state index contributed by atoms with van der Waals surface area (Å²) in [7, 11) is 1.61. The molecule has 0 bridgehead atoms. The van der Waals surface area contributed by atoms with Gasteiger partial charge in [0.1, 0.15) is 0 Å². The van der Waals surface area contributed by atoms with Crippen molar-refractivity contribution in [1.29, 1.82) is 0 Å². The largest absolute Gasteiger partial charge is 0.335 e. The van der Waals surface area contributed by atoms with Gasteiger partial charge in [-0.1, -0.05) is 13.8 Å². The van der Waals surface area contributed by atoms with Crippen LogP contribution in [0.15, 0.2) is 0 Å². The number of likely N-dealkylation sites (N-methyl/N-ethyl adjacent to an activating group) is 1. The van der Waals surface area contributed by atoms with Crippen molar-refractivity contribution in [2.24, 2.45) is 5.92 Å². The second-order valence-corrected chi connectivity index (χ2v) is 2.90. The van der Waals surface area contributed by atoms with E-state index in [4.69, 9.17) is 0 Å². The van der Waals surface area contributed by atoms with Gasteiger partial charge in [-0.15, -0.1) is 0 Å². The standard InChI is InChI=1S/C8H14NO2/c1-6(2)8(11)9(4)7(3)5-10/h6-7H,1-4H3/t7-/m0/s1. The average Bonchev–Trinajstić information content (AvgIpc) is 2.00. The van der Waals surface area contributed by atoms with Crippen molar-refractivity contribution in [2.75, 3.05) is 7.05 Å². The van der Waals surface area contributed by atoms with Crippen LogP contribution in [0.5, 0.6) is 0 Å². The van der Waals surface area contributed by atoms with E-state index < -0.39 is 6.04 Å². The van der Waals surface area contributed by atoms with Crippen molar-refractivity contribution in [2.45, 2.75) is 26.8 Å². The predicted molar refractivity (Wildman–Crippen MR) is 42.8 cm³/mol. The van der Waals surface area contributed by atoms with Crippen molar-refractivity contribution in [3.63, 3.8) is 0 Å². The van der Waals surface area contributed by atoms with Gasteiger partial charge in [0.15, 0.2) is 0 Å². The molecule has 1 amide bonds. The third kappa shape index (κ3) is 2.70. The lowest BCUT2D eigenvalue weighted by Crippen LogP contribution is -2.38. The van der Waals surface area contributed by atoms with Gasteiger partial charge in [-0.3, -0.25) is 9.59 Å². The smallest absolute Gasteiger partial charge is 0.225 e. The highest BCUT2D eigenvalue weighted by atomic mass is 16.2. The Morgan fingerprint density at radius 3 is 2.09 bits per heavy atom. The Morgan fingerprint density at radius 1 is 1.36 bits per heavy atom. The average molecular weight is 156 g/mol. The van der Waals surface area contributed by atoms with Crippen LogP contribution >= 0.6 is 0 Å². The molecule has 0 aliphatic heterocycles. The van der Waals surface area contributed by atoms with Gasteiger partial charge in [-0.2, -0.15) is 0 Å². The van der Waals surface area contributed by atoms with Crippen LogP contribution in [0.4, 0.5) is 0 Å². The maximum absolute atomic E-state index is 11.2. The van der Waals surface area contributed by atoms with E-state index in [9.17, 15) is 9.59 Å². The molecule has 0 aromatic rings. The fourth-order valence-electron chi connectivity index (χ4n) is 0.677. The summed E-state index contributed by atoms with van der Waals surface area (Å²) in [6.07, 6.45) is 1.76. The van der Waals surface area contributed by atoms with E-state index in [-0.39, 0.29) is 11.8 Å². The summed E-state index contributed by atoms with van der Waals surface area (Å²) in [5.41, 5.74) is 0. The van der Waals surface area contributed by atoms with Crippen LogP contribution in [-0.4, -0.2) is 30.2 Å². The number of carbonyl (C=O) groups is 1. The van der Waals surface area contributed by atoms with E-state index in [1.807, 2.05) is 0 Å².